The van der Waals surface area contributed by atoms with Crippen LogP contribution in [0.25, 0.3) is 0 Å². The first kappa shape index (κ1) is 16.9. The van der Waals surface area contributed by atoms with Gasteiger partial charge in [0.05, 0.1) is 10.7 Å². The van der Waals surface area contributed by atoms with Crippen molar-refractivity contribution in [2.24, 2.45) is 9.54 Å². The van der Waals surface area contributed by atoms with Crippen molar-refractivity contribution in [1.82, 2.24) is 0 Å². The molecule has 3 rings (SSSR count). The highest BCUT2D eigenvalue weighted by atomic mass is 35.5. The van der Waals surface area contributed by atoms with Gasteiger partial charge in [0.1, 0.15) is 15.6 Å². The number of hydrogen-bond acceptors (Lipinski definition) is 5. The number of nitrogens with zero attached hydrogens (tertiary/aromatic N) is 1. The number of nitrogens with two attached hydrogens (primary N) is 1. The van der Waals surface area contributed by atoms with Crippen molar-refractivity contribution >= 4 is 43.2 Å². The van der Waals surface area contributed by atoms with Crippen molar-refractivity contribution in [2.45, 2.75) is 16.2 Å². The average molecular weight is 386 g/mol. The SMILES string of the molecule is NS(=O)(=O)c1cc2c(cc1Cl)NC(Cc1ccccc1)=NS2(=O)=O. The molecule has 0 saturated carbocycles. The molecule has 3 N–H and O–H groups in total. The largest absolute Gasteiger partial charge is 0.342 e. The molecule has 24 heavy (non-hydrogen) atoms. The fourth-order valence-corrected chi connectivity index (χ4v) is 4.63. The van der Waals surface area contributed by atoms with Gasteiger partial charge in [-0.05, 0) is 17.7 Å². The van der Waals surface area contributed by atoms with Gasteiger partial charge in [-0.1, -0.05) is 41.9 Å². The smallest absolute Gasteiger partial charge is 0.286 e. The zero-order valence-electron chi connectivity index (χ0n) is 12.1. The van der Waals surface area contributed by atoms with E-state index in [1.54, 1.807) is 0 Å². The fourth-order valence-electron chi connectivity index (χ4n) is 2.30. The predicted octanol–water partition coefficient (Wildman–Crippen LogP) is 1.74. The predicted molar refractivity (Wildman–Crippen MR) is 91.2 cm³/mol. The van der Waals surface area contributed by atoms with E-state index < -0.39 is 24.9 Å². The van der Waals surface area contributed by atoms with Crippen molar-refractivity contribution in [3.05, 3.63) is 53.1 Å². The lowest BCUT2D eigenvalue weighted by atomic mass is 10.1. The van der Waals surface area contributed by atoms with Crippen LogP contribution in [0.15, 0.2) is 56.7 Å². The number of benzene rings is 2. The van der Waals surface area contributed by atoms with Crippen LogP contribution in [-0.2, 0) is 26.5 Å². The summed E-state index contributed by atoms with van der Waals surface area (Å²) in [4.78, 5) is -0.747. The van der Waals surface area contributed by atoms with Crippen LogP contribution in [0.5, 0.6) is 0 Å². The van der Waals surface area contributed by atoms with Crippen molar-refractivity contribution in [3.63, 3.8) is 0 Å². The molecule has 126 valence electrons. The van der Waals surface area contributed by atoms with E-state index in [2.05, 4.69) is 9.71 Å². The Kier molecular flexibility index (Phi) is 4.12. The van der Waals surface area contributed by atoms with Crippen molar-refractivity contribution in [2.75, 3.05) is 5.32 Å². The quantitative estimate of drug-likeness (QED) is 0.834. The van der Waals surface area contributed by atoms with Gasteiger partial charge in [-0.15, -0.1) is 4.40 Å². The molecule has 2 aromatic carbocycles. The molecule has 1 aliphatic rings. The van der Waals surface area contributed by atoms with Crippen LogP contribution in [-0.4, -0.2) is 22.7 Å². The monoisotopic (exact) mass is 385 g/mol. The van der Waals surface area contributed by atoms with Crippen molar-refractivity contribution in [3.8, 4) is 0 Å². The second-order valence-electron chi connectivity index (χ2n) is 5.12. The van der Waals surface area contributed by atoms with Crippen LogP contribution in [0, 0.1) is 0 Å². The van der Waals surface area contributed by atoms with E-state index in [9.17, 15) is 16.8 Å². The Balaban J connectivity index is 2.06. The Morgan fingerprint density at radius 2 is 1.83 bits per heavy atom. The number of amidine groups is 1. The van der Waals surface area contributed by atoms with E-state index >= 15 is 0 Å². The minimum Gasteiger partial charge on any atom is -0.342 e. The molecule has 0 radical (unpaired) electrons. The summed E-state index contributed by atoms with van der Waals surface area (Å²) in [7, 11) is -8.22. The molecule has 0 fully saturated rings. The fraction of sp³-hybridized carbons (Fsp3) is 0.0714. The third-order valence-corrected chi connectivity index (χ3v) is 6.07. The van der Waals surface area contributed by atoms with Crippen LogP contribution >= 0.6 is 11.6 Å². The first-order valence-corrected chi connectivity index (χ1v) is 10.0. The van der Waals surface area contributed by atoms with Gasteiger partial charge in [0.15, 0.2) is 0 Å². The zero-order chi connectivity index (χ0) is 17.5. The van der Waals surface area contributed by atoms with E-state index in [-0.39, 0.29) is 27.9 Å². The van der Waals surface area contributed by atoms with Crippen LogP contribution < -0.4 is 10.5 Å². The lowest BCUT2D eigenvalue weighted by Gasteiger charge is -2.19. The number of anilines is 1. The molecule has 2 aromatic rings. The van der Waals surface area contributed by atoms with E-state index in [1.807, 2.05) is 30.3 Å². The maximum absolute atomic E-state index is 12.4. The second kappa shape index (κ2) is 5.85. The summed E-state index contributed by atoms with van der Waals surface area (Å²) in [5.74, 6) is 0.216. The van der Waals surface area contributed by atoms with Crippen LogP contribution in [0.2, 0.25) is 5.02 Å². The van der Waals surface area contributed by atoms with E-state index in [0.29, 0.717) is 0 Å². The molecular formula is C14H12ClN3O4S2. The normalized spacial score (nSPS) is 16.0. The number of nitrogens with one attached hydrogen (secondary N) is 1. The van der Waals surface area contributed by atoms with E-state index in [1.165, 1.54) is 6.07 Å². The Labute approximate surface area is 144 Å². The summed E-state index contributed by atoms with van der Waals surface area (Å²) in [5, 5.41) is 7.75. The van der Waals surface area contributed by atoms with Gasteiger partial charge in [0, 0.05) is 6.42 Å². The van der Waals surface area contributed by atoms with Crippen LogP contribution in [0.4, 0.5) is 5.69 Å². The summed E-state index contributed by atoms with van der Waals surface area (Å²) in [5.41, 5.74) is 1.03. The molecule has 7 nitrogen and oxygen atoms in total. The van der Waals surface area contributed by atoms with Gasteiger partial charge in [-0.2, -0.15) is 8.42 Å². The highest BCUT2D eigenvalue weighted by Gasteiger charge is 2.28. The molecule has 0 amide bonds. The first-order valence-electron chi connectivity index (χ1n) is 6.68. The molecule has 0 atom stereocenters. The van der Waals surface area contributed by atoms with Crippen molar-refractivity contribution < 1.29 is 16.8 Å². The Bertz CT molecular complexity index is 1050. The zero-order valence-corrected chi connectivity index (χ0v) is 14.5. The van der Waals surface area contributed by atoms with Gasteiger partial charge in [0.25, 0.3) is 10.0 Å². The molecular weight excluding hydrogens is 374 g/mol. The van der Waals surface area contributed by atoms with E-state index in [0.717, 1.165) is 11.6 Å². The third-order valence-electron chi connectivity index (χ3n) is 3.34. The number of halogens is 1. The standard InChI is InChI=1S/C14H12ClN3O4S2/c15-10-7-11-13(8-12(10)23(16,19)20)24(21,22)18-14(17-11)6-9-4-2-1-3-5-9/h1-5,7-8H,6H2,(H,17,18)(H2,16,19,20). The van der Waals surface area contributed by atoms with Crippen LogP contribution in [0.3, 0.4) is 0 Å². The number of rotatable bonds is 3. The molecule has 10 heteroatoms. The number of primary sulfonamides is 1. The molecule has 1 aliphatic heterocycles. The van der Waals surface area contributed by atoms with Gasteiger partial charge in [-0.25, -0.2) is 13.6 Å². The summed E-state index contributed by atoms with van der Waals surface area (Å²) in [6.07, 6.45) is 0.272. The molecule has 0 unspecified atom stereocenters. The Hall–Kier alpha value is -1.94. The minimum atomic E-state index is -4.15. The third kappa shape index (κ3) is 3.29. The summed E-state index contributed by atoms with van der Waals surface area (Å²) in [6.45, 7) is 0. The Morgan fingerprint density at radius 1 is 1.17 bits per heavy atom. The topological polar surface area (TPSA) is 119 Å². The maximum Gasteiger partial charge on any atom is 0.286 e. The highest BCUT2D eigenvalue weighted by Crippen LogP contribution is 2.34. The summed E-state index contributed by atoms with van der Waals surface area (Å²) >= 11 is 5.91. The molecule has 1 heterocycles. The van der Waals surface area contributed by atoms with Gasteiger partial charge in [-0.3, -0.25) is 0 Å². The maximum atomic E-state index is 12.4. The second-order valence-corrected chi connectivity index (χ2v) is 8.63. The van der Waals surface area contributed by atoms with E-state index in [4.69, 9.17) is 16.7 Å². The number of hydrogen-bond donors (Lipinski definition) is 2. The molecule has 0 saturated heterocycles. The number of fused-ring (bicyclic) bond motifs is 1. The molecule has 0 aliphatic carbocycles. The average Bonchev–Trinajstić information content (AvgIpc) is 2.45. The summed E-state index contributed by atoms with van der Waals surface area (Å²) < 4.78 is 51.4. The molecule has 0 bridgehead atoms. The first-order chi connectivity index (χ1) is 11.2. The van der Waals surface area contributed by atoms with Gasteiger partial charge < -0.3 is 5.32 Å². The highest BCUT2D eigenvalue weighted by molar-refractivity contribution is 7.91. The molecule has 0 spiro atoms. The number of sulfonamides is 2. The Morgan fingerprint density at radius 3 is 2.46 bits per heavy atom. The lowest BCUT2D eigenvalue weighted by Crippen LogP contribution is -2.24. The van der Waals surface area contributed by atoms with Gasteiger partial charge in [0.2, 0.25) is 10.0 Å². The summed E-state index contributed by atoms with van der Waals surface area (Å²) in [6, 6.07) is 11.3. The van der Waals surface area contributed by atoms with Crippen LogP contribution in [0.1, 0.15) is 5.56 Å². The van der Waals surface area contributed by atoms with Crippen molar-refractivity contribution in [1.29, 1.82) is 0 Å². The lowest BCUT2D eigenvalue weighted by molar-refractivity contribution is 0.596. The minimum absolute atomic E-state index is 0.160. The van der Waals surface area contributed by atoms with Gasteiger partial charge >= 0.3 is 0 Å². The molecule has 0 aromatic heterocycles.